The molecule has 0 atom stereocenters. The lowest BCUT2D eigenvalue weighted by Crippen LogP contribution is -2.39. The first kappa shape index (κ1) is 23.8. The third kappa shape index (κ3) is 5.48. The minimum atomic E-state index is -3.71. The third-order valence-corrected chi connectivity index (χ3v) is 6.76. The summed E-state index contributed by atoms with van der Waals surface area (Å²) in [6.07, 6.45) is 4.14. The van der Waals surface area contributed by atoms with Crippen molar-refractivity contribution >= 4 is 33.2 Å². The Morgan fingerprint density at radius 2 is 1.59 bits per heavy atom. The fraction of sp³-hybridized carbons (Fsp3) is 0.417. The molecule has 2 amide bonds. The van der Waals surface area contributed by atoms with E-state index in [9.17, 15) is 18.0 Å². The molecule has 2 aromatic carbocycles. The monoisotopic (exact) mass is 457 g/mol. The van der Waals surface area contributed by atoms with Gasteiger partial charge in [0.15, 0.2) is 0 Å². The van der Waals surface area contributed by atoms with Gasteiger partial charge in [-0.1, -0.05) is 29.8 Å². The van der Waals surface area contributed by atoms with Gasteiger partial charge in [0.25, 0.3) is 5.91 Å². The summed E-state index contributed by atoms with van der Waals surface area (Å²) in [6.45, 7) is 6.63. The Balaban J connectivity index is 1.85. The van der Waals surface area contributed by atoms with Crippen molar-refractivity contribution in [3.05, 3.63) is 58.7 Å². The number of aryl methyl sites for hydroxylation is 3. The largest absolute Gasteiger partial charge is 0.339 e. The summed E-state index contributed by atoms with van der Waals surface area (Å²) in [5.74, 6) is -0.625. The molecular weight excluding hydrogens is 426 g/mol. The Morgan fingerprint density at radius 3 is 2.19 bits per heavy atom. The molecule has 1 aliphatic heterocycles. The van der Waals surface area contributed by atoms with Gasteiger partial charge in [0, 0.05) is 13.1 Å². The van der Waals surface area contributed by atoms with Crippen LogP contribution in [0.25, 0.3) is 0 Å². The van der Waals surface area contributed by atoms with Crippen LogP contribution in [0.4, 0.5) is 11.4 Å². The first-order chi connectivity index (χ1) is 15.1. The molecule has 1 heterocycles. The standard InChI is InChI=1S/C24H31N3O4S/c1-17-14-18(2)23(19(3)15-17)27(32(4,30)31)16-22(28)25-21-11-7-6-10-20(21)24(29)26-12-8-5-9-13-26/h6-7,10-11,14-15H,5,8-9,12-13,16H2,1-4H3,(H,25,28). The zero-order chi connectivity index (χ0) is 23.5. The second-order valence-corrected chi connectivity index (χ2v) is 10.4. The van der Waals surface area contributed by atoms with E-state index >= 15 is 0 Å². The van der Waals surface area contributed by atoms with E-state index in [0.717, 1.165) is 46.5 Å². The molecule has 172 valence electrons. The SMILES string of the molecule is Cc1cc(C)c(N(CC(=O)Nc2ccccc2C(=O)N2CCCCC2)S(C)(=O)=O)c(C)c1. The zero-order valence-corrected chi connectivity index (χ0v) is 20.0. The van der Waals surface area contributed by atoms with Gasteiger partial charge in [-0.05, 0) is 63.3 Å². The van der Waals surface area contributed by atoms with Gasteiger partial charge in [0.05, 0.1) is 23.2 Å². The number of amides is 2. The lowest BCUT2D eigenvalue weighted by molar-refractivity contribution is -0.114. The van der Waals surface area contributed by atoms with Crippen molar-refractivity contribution in [1.29, 1.82) is 0 Å². The molecule has 7 nitrogen and oxygen atoms in total. The van der Waals surface area contributed by atoms with Crippen molar-refractivity contribution in [2.45, 2.75) is 40.0 Å². The van der Waals surface area contributed by atoms with Crippen LogP contribution in [-0.4, -0.2) is 51.0 Å². The number of nitrogens with zero attached hydrogens (tertiary/aromatic N) is 2. The number of nitrogens with one attached hydrogen (secondary N) is 1. The molecule has 0 bridgehead atoms. The molecule has 0 unspecified atom stereocenters. The number of carbonyl (C=O) groups is 2. The molecule has 0 aromatic heterocycles. The van der Waals surface area contributed by atoms with Crippen molar-refractivity contribution in [1.82, 2.24) is 4.90 Å². The zero-order valence-electron chi connectivity index (χ0n) is 19.1. The first-order valence-corrected chi connectivity index (χ1v) is 12.7. The molecule has 1 fully saturated rings. The van der Waals surface area contributed by atoms with Crippen molar-refractivity contribution in [3.8, 4) is 0 Å². The van der Waals surface area contributed by atoms with Gasteiger partial charge in [0.2, 0.25) is 15.9 Å². The van der Waals surface area contributed by atoms with Gasteiger partial charge in [-0.2, -0.15) is 0 Å². The Labute approximate surface area is 190 Å². The van der Waals surface area contributed by atoms with E-state index in [0.29, 0.717) is 30.0 Å². The van der Waals surface area contributed by atoms with Crippen LogP contribution < -0.4 is 9.62 Å². The van der Waals surface area contributed by atoms with E-state index in [1.807, 2.05) is 32.9 Å². The summed E-state index contributed by atoms with van der Waals surface area (Å²) >= 11 is 0. The van der Waals surface area contributed by atoms with Crippen molar-refractivity contribution in [3.63, 3.8) is 0 Å². The molecule has 0 spiro atoms. The highest BCUT2D eigenvalue weighted by molar-refractivity contribution is 7.92. The third-order valence-electron chi connectivity index (χ3n) is 5.65. The Hall–Kier alpha value is -2.87. The van der Waals surface area contributed by atoms with Crippen LogP contribution >= 0.6 is 0 Å². The average molecular weight is 458 g/mol. The van der Waals surface area contributed by atoms with E-state index < -0.39 is 15.9 Å². The molecule has 0 aliphatic carbocycles. The maximum absolute atomic E-state index is 13.0. The summed E-state index contributed by atoms with van der Waals surface area (Å²) in [6, 6.07) is 10.6. The number of benzene rings is 2. The number of anilines is 2. The van der Waals surface area contributed by atoms with Gasteiger partial charge in [-0.15, -0.1) is 0 Å². The second-order valence-electron chi connectivity index (χ2n) is 8.46. The summed E-state index contributed by atoms with van der Waals surface area (Å²) in [5.41, 5.74) is 3.88. The summed E-state index contributed by atoms with van der Waals surface area (Å²) < 4.78 is 26.3. The van der Waals surface area contributed by atoms with Gasteiger partial charge < -0.3 is 10.2 Å². The Bertz CT molecular complexity index is 1100. The van der Waals surface area contributed by atoms with Gasteiger partial charge in [-0.25, -0.2) is 8.42 Å². The lowest BCUT2D eigenvalue weighted by Gasteiger charge is -2.28. The number of rotatable bonds is 6. The minimum absolute atomic E-state index is 0.120. The maximum Gasteiger partial charge on any atom is 0.255 e. The highest BCUT2D eigenvalue weighted by Crippen LogP contribution is 2.28. The fourth-order valence-electron chi connectivity index (χ4n) is 4.29. The van der Waals surface area contributed by atoms with Crippen LogP contribution in [0.3, 0.4) is 0 Å². The highest BCUT2D eigenvalue weighted by atomic mass is 32.2. The van der Waals surface area contributed by atoms with Crippen LogP contribution in [0, 0.1) is 20.8 Å². The predicted octanol–water partition coefficient (Wildman–Crippen LogP) is 3.64. The molecular formula is C24H31N3O4S. The Morgan fingerprint density at radius 1 is 1.00 bits per heavy atom. The first-order valence-electron chi connectivity index (χ1n) is 10.8. The van der Waals surface area contributed by atoms with Gasteiger partial charge in [0.1, 0.15) is 6.54 Å². The molecule has 1 aliphatic rings. The van der Waals surface area contributed by atoms with Crippen molar-refractivity contribution in [2.75, 3.05) is 35.5 Å². The fourth-order valence-corrected chi connectivity index (χ4v) is 5.27. The molecule has 32 heavy (non-hydrogen) atoms. The molecule has 0 radical (unpaired) electrons. The van der Waals surface area contributed by atoms with E-state index in [4.69, 9.17) is 0 Å². The molecule has 1 saturated heterocycles. The molecule has 3 rings (SSSR count). The van der Waals surface area contributed by atoms with Crippen LogP contribution in [0.2, 0.25) is 0 Å². The number of likely N-dealkylation sites (tertiary alicyclic amines) is 1. The molecule has 2 aromatic rings. The summed E-state index contributed by atoms with van der Waals surface area (Å²) in [7, 11) is -3.71. The van der Waals surface area contributed by atoms with Crippen LogP contribution in [-0.2, 0) is 14.8 Å². The lowest BCUT2D eigenvalue weighted by atomic mass is 10.1. The number of sulfonamides is 1. The van der Waals surface area contributed by atoms with Crippen molar-refractivity contribution in [2.24, 2.45) is 0 Å². The van der Waals surface area contributed by atoms with E-state index in [1.54, 1.807) is 29.2 Å². The number of carbonyl (C=O) groups excluding carboxylic acids is 2. The van der Waals surface area contributed by atoms with Crippen LogP contribution in [0.1, 0.15) is 46.3 Å². The second kappa shape index (κ2) is 9.73. The number of hydrogen-bond acceptors (Lipinski definition) is 4. The van der Waals surface area contributed by atoms with Crippen molar-refractivity contribution < 1.29 is 18.0 Å². The smallest absolute Gasteiger partial charge is 0.255 e. The van der Waals surface area contributed by atoms with Crippen LogP contribution in [0.5, 0.6) is 0 Å². The number of para-hydroxylation sites is 1. The number of hydrogen-bond donors (Lipinski definition) is 1. The van der Waals surface area contributed by atoms with Gasteiger partial charge >= 0.3 is 0 Å². The quantitative estimate of drug-likeness (QED) is 0.717. The summed E-state index contributed by atoms with van der Waals surface area (Å²) in [5, 5.41) is 2.76. The maximum atomic E-state index is 13.0. The van der Waals surface area contributed by atoms with E-state index in [-0.39, 0.29) is 12.5 Å². The topological polar surface area (TPSA) is 86.8 Å². The van der Waals surface area contributed by atoms with Crippen LogP contribution in [0.15, 0.2) is 36.4 Å². The molecule has 0 saturated carbocycles. The molecule has 1 N–H and O–H groups in total. The minimum Gasteiger partial charge on any atom is -0.339 e. The molecule has 8 heteroatoms. The van der Waals surface area contributed by atoms with E-state index in [2.05, 4.69) is 5.32 Å². The highest BCUT2D eigenvalue weighted by Gasteiger charge is 2.26. The normalized spacial score (nSPS) is 14.2. The predicted molar refractivity (Wildman–Crippen MR) is 128 cm³/mol. The summed E-state index contributed by atoms with van der Waals surface area (Å²) in [4.78, 5) is 27.7. The number of piperidine rings is 1. The average Bonchev–Trinajstić information content (AvgIpc) is 2.72. The van der Waals surface area contributed by atoms with E-state index in [1.165, 1.54) is 0 Å². The Kier molecular flexibility index (Phi) is 7.23. The van der Waals surface area contributed by atoms with Gasteiger partial charge in [-0.3, -0.25) is 13.9 Å².